The third-order valence-electron chi connectivity index (χ3n) is 13.3. The van der Waals surface area contributed by atoms with Gasteiger partial charge in [0.05, 0.1) is 6.42 Å². The van der Waals surface area contributed by atoms with Crippen molar-refractivity contribution < 1.29 is 28.6 Å². The molecule has 0 aliphatic rings. The molecule has 0 saturated heterocycles. The number of carbonyl (C=O) groups excluding carboxylic acids is 3. The molecule has 0 aromatic heterocycles. The van der Waals surface area contributed by atoms with Gasteiger partial charge in [-0.1, -0.05) is 297 Å². The molecule has 6 nitrogen and oxygen atoms in total. The van der Waals surface area contributed by atoms with E-state index in [9.17, 15) is 14.4 Å². The van der Waals surface area contributed by atoms with Crippen LogP contribution in [-0.4, -0.2) is 37.2 Å². The highest BCUT2D eigenvalue weighted by Gasteiger charge is 2.19. The van der Waals surface area contributed by atoms with Gasteiger partial charge in [-0.2, -0.15) is 0 Å². The quantitative estimate of drug-likeness (QED) is 0.0261. The Morgan fingerprint density at radius 1 is 0.293 bits per heavy atom. The van der Waals surface area contributed by atoms with Crippen molar-refractivity contribution in [2.75, 3.05) is 13.2 Å². The molecule has 0 fully saturated rings. The molecule has 0 aromatic carbocycles. The molecular weight excluding hydrogens is 925 g/mol. The number of rotatable bonds is 56. The lowest BCUT2D eigenvalue weighted by Crippen LogP contribution is -2.30. The third kappa shape index (κ3) is 60.8. The maximum absolute atomic E-state index is 12.8. The summed E-state index contributed by atoms with van der Waals surface area (Å²) in [6.45, 7) is 6.34. The Morgan fingerprint density at radius 3 is 0.880 bits per heavy atom. The molecule has 0 aliphatic carbocycles. The number of hydrogen-bond donors (Lipinski definition) is 0. The first kappa shape index (κ1) is 71.1. The van der Waals surface area contributed by atoms with Gasteiger partial charge in [-0.05, 0) is 83.5 Å². The Kier molecular flexibility index (Phi) is 59.3. The smallest absolute Gasteiger partial charge is 0.310 e. The maximum Gasteiger partial charge on any atom is 0.310 e. The lowest BCUT2D eigenvalue weighted by Gasteiger charge is -2.18. The highest BCUT2D eigenvalue weighted by molar-refractivity contribution is 5.72. The summed E-state index contributed by atoms with van der Waals surface area (Å²) >= 11 is 0. The molecule has 0 aromatic rings. The van der Waals surface area contributed by atoms with E-state index in [1.54, 1.807) is 6.08 Å². The van der Waals surface area contributed by atoms with Gasteiger partial charge in [0.1, 0.15) is 13.2 Å². The highest BCUT2D eigenvalue weighted by atomic mass is 16.6. The maximum atomic E-state index is 12.8. The summed E-state index contributed by atoms with van der Waals surface area (Å²) in [4.78, 5) is 38.1. The Bertz CT molecular complexity index is 1520. The average Bonchev–Trinajstić information content (AvgIpc) is 3.41. The van der Waals surface area contributed by atoms with Crippen molar-refractivity contribution in [2.24, 2.45) is 0 Å². The second-order valence-corrected chi connectivity index (χ2v) is 20.6. The highest BCUT2D eigenvalue weighted by Crippen LogP contribution is 2.16. The van der Waals surface area contributed by atoms with E-state index in [0.29, 0.717) is 12.8 Å². The summed E-state index contributed by atoms with van der Waals surface area (Å²) in [6, 6.07) is 0. The molecule has 0 radical (unpaired) electrons. The van der Waals surface area contributed by atoms with Crippen molar-refractivity contribution in [3.63, 3.8) is 0 Å². The summed E-state index contributed by atoms with van der Waals surface area (Å²) < 4.78 is 16.8. The van der Waals surface area contributed by atoms with Crippen LogP contribution in [0.2, 0.25) is 0 Å². The monoisotopic (exact) mass is 1040 g/mol. The molecule has 0 aliphatic heterocycles. The number of hydrogen-bond acceptors (Lipinski definition) is 6. The number of ether oxygens (including phenoxy) is 3. The fraction of sp³-hybridized carbons (Fsp3) is 0.696. The molecule has 75 heavy (non-hydrogen) atoms. The first-order valence-electron chi connectivity index (χ1n) is 31.4. The lowest BCUT2D eigenvalue weighted by molar-refractivity contribution is -0.166. The largest absolute Gasteiger partial charge is 0.462 e. The second-order valence-electron chi connectivity index (χ2n) is 20.6. The standard InChI is InChI=1S/C69H116O6/c1-4-7-10-13-16-19-22-24-26-27-28-29-30-31-32-33-34-35-36-37-38-39-40-41-43-44-47-50-53-56-59-62-68(71)74-65-66(64-73-67(70)61-58-55-52-49-46-21-18-15-12-9-6-3)75-69(72)63-60-57-54-51-48-45-42-25-23-20-17-14-11-8-5-2/h7-8,10-11,16-17,19-20,24-26,28-29,42,48,51,57,60,66H,4-6,9,12-15,18,21-23,27,30-41,43-47,49-50,52-56,58-59,61-65H2,1-3H3/b10-7-,11-8-,19-16-,20-17-,26-24-,29-28-,42-25-,51-48-,60-57-. The Labute approximate surface area is 463 Å². The summed E-state index contributed by atoms with van der Waals surface area (Å²) in [6.07, 6.45) is 85.7. The van der Waals surface area contributed by atoms with Gasteiger partial charge in [0.2, 0.25) is 0 Å². The normalized spacial score (nSPS) is 12.8. The van der Waals surface area contributed by atoms with Crippen LogP contribution in [0, 0.1) is 0 Å². The van der Waals surface area contributed by atoms with Crippen molar-refractivity contribution >= 4 is 17.9 Å². The van der Waals surface area contributed by atoms with Crippen LogP contribution in [0.3, 0.4) is 0 Å². The number of unbranched alkanes of at least 4 members (excludes halogenated alkanes) is 28. The van der Waals surface area contributed by atoms with Gasteiger partial charge in [0.15, 0.2) is 6.10 Å². The predicted octanol–water partition coefficient (Wildman–Crippen LogP) is 21.4. The van der Waals surface area contributed by atoms with Gasteiger partial charge in [-0.3, -0.25) is 14.4 Å². The Morgan fingerprint density at radius 2 is 0.560 bits per heavy atom. The van der Waals surface area contributed by atoms with Crippen molar-refractivity contribution in [1.82, 2.24) is 0 Å². The first-order valence-corrected chi connectivity index (χ1v) is 31.4. The fourth-order valence-corrected chi connectivity index (χ4v) is 8.69. The molecule has 0 spiro atoms. The third-order valence-corrected chi connectivity index (χ3v) is 13.3. The lowest BCUT2D eigenvalue weighted by atomic mass is 10.0. The van der Waals surface area contributed by atoms with E-state index in [-0.39, 0.29) is 31.6 Å². The van der Waals surface area contributed by atoms with Crippen molar-refractivity contribution in [2.45, 2.75) is 297 Å². The van der Waals surface area contributed by atoms with Gasteiger partial charge < -0.3 is 14.2 Å². The molecule has 0 N–H and O–H groups in total. The zero-order valence-corrected chi connectivity index (χ0v) is 49.0. The molecule has 428 valence electrons. The molecular formula is C69H116O6. The SMILES string of the molecule is CC/C=C\C/C=C\C/C=C\C/C=C\C/C=C\CC(=O)OC(COC(=O)CCCCCCCCCCCCC)COC(=O)CCCCCCCCCCCCCCCCCCCC/C=C\C/C=C\C/C=C\C/C=C\CC. The van der Waals surface area contributed by atoms with E-state index >= 15 is 0 Å². The summed E-state index contributed by atoms with van der Waals surface area (Å²) in [7, 11) is 0. The van der Waals surface area contributed by atoms with Gasteiger partial charge in [-0.15, -0.1) is 0 Å². The number of allylic oxidation sites excluding steroid dienone is 17. The average molecular weight is 1040 g/mol. The minimum Gasteiger partial charge on any atom is -0.462 e. The second kappa shape index (κ2) is 62.6. The van der Waals surface area contributed by atoms with E-state index in [2.05, 4.69) is 118 Å². The number of carbonyl (C=O) groups is 3. The molecule has 0 amide bonds. The summed E-state index contributed by atoms with van der Waals surface area (Å²) in [5, 5.41) is 0. The molecule has 1 atom stereocenters. The van der Waals surface area contributed by atoms with E-state index < -0.39 is 12.1 Å². The Hall–Kier alpha value is -3.93. The first-order chi connectivity index (χ1) is 37.0. The van der Waals surface area contributed by atoms with Crippen LogP contribution in [-0.2, 0) is 28.6 Å². The van der Waals surface area contributed by atoms with Crippen LogP contribution in [0.15, 0.2) is 109 Å². The molecule has 0 bridgehead atoms. The van der Waals surface area contributed by atoms with Crippen LogP contribution >= 0.6 is 0 Å². The van der Waals surface area contributed by atoms with E-state index in [1.165, 1.54) is 154 Å². The summed E-state index contributed by atoms with van der Waals surface area (Å²) in [5.74, 6) is -1.04. The van der Waals surface area contributed by atoms with Gasteiger partial charge in [-0.25, -0.2) is 0 Å². The van der Waals surface area contributed by atoms with E-state index in [0.717, 1.165) is 96.3 Å². The Balaban J connectivity index is 4.20. The number of esters is 3. The zero-order valence-electron chi connectivity index (χ0n) is 49.0. The van der Waals surface area contributed by atoms with Crippen LogP contribution in [0.1, 0.15) is 290 Å². The fourth-order valence-electron chi connectivity index (χ4n) is 8.69. The zero-order chi connectivity index (χ0) is 54.3. The summed E-state index contributed by atoms with van der Waals surface area (Å²) in [5.41, 5.74) is 0. The van der Waals surface area contributed by atoms with Crippen molar-refractivity contribution in [3.05, 3.63) is 109 Å². The van der Waals surface area contributed by atoms with Gasteiger partial charge >= 0.3 is 17.9 Å². The van der Waals surface area contributed by atoms with Crippen LogP contribution in [0.5, 0.6) is 0 Å². The van der Waals surface area contributed by atoms with Crippen LogP contribution < -0.4 is 0 Å². The minimum atomic E-state index is -0.830. The van der Waals surface area contributed by atoms with Gasteiger partial charge in [0, 0.05) is 12.8 Å². The van der Waals surface area contributed by atoms with E-state index in [1.807, 2.05) is 6.08 Å². The minimum absolute atomic E-state index is 0.0977. The van der Waals surface area contributed by atoms with Crippen molar-refractivity contribution in [1.29, 1.82) is 0 Å². The topological polar surface area (TPSA) is 78.9 Å². The van der Waals surface area contributed by atoms with Crippen LogP contribution in [0.4, 0.5) is 0 Å². The molecule has 6 heteroatoms. The molecule has 1 unspecified atom stereocenters. The van der Waals surface area contributed by atoms with Crippen LogP contribution in [0.25, 0.3) is 0 Å². The molecule has 0 heterocycles. The van der Waals surface area contributed by atoms with E-state index in [4.69, 9.17) is 14.2 Å². The van der Waals surface area contributed by atoms with Crippen molar-refractivity contribution in [3.8, 4) is 0 Å². The molecule has 0 rings (SSSR count). The molecule has 0 saturated carbocycles. The van der Waals surface area contributed by atoms with Gasteiger partial charge in [0.25, 0.3) is 0 Å². The predicted molar refractivity (Wildman–Crippen MR) is 325 cm³/mol.